The molecule has 0 saturated carbocycles. The lowest BCUT2D eigenvalue weighted by atomic mass is 10.0. The predicted octanol–water partition coefficient (Wildman–Crippen LogP) is 3.18. The molecule has 3 aromatic rings. The van der Waals surface area contributed by atoms with Crippen LogP contribution in [-0.2, 0) is 0 Å². The molecule has 0 radical (unpaired) electrons. The van der Waals surface area contributed by atoms with Crippen LogP contribution in [0, 0.1) is 24.2 Å². The van der Waals surface area contributed by atoms with E-state index in [4.69, 9.17) is 14.7 Å². The summed E-state index contributed by atoms with van der Waals surface area (Å²) in [7, 11) is 1.66. The normalized spacial score (nSPS) is 15.8. The molecule has 3 heterocycles. The van der Waals surface area contributed by atoms with Gasteiger partial charge in [0.1, 0.15) is 23.4 Å². The van der Waals surface area contributed by atoms with Crippen molar-refractivity contribution in [3.05, 3.63) is 41.9 Å². The second-order valence-corrected chi connectivity index (χ2v) is 7.50. The third-order valence-corrected chi connectivity index (χ3v) is 5.26. The first-order chi connectivity index (χ1) is 15.2. The zero-order valence-corrected chi connectivity index (χ0v) is 17.6. The molecule has 0 bridgehead atoms. The Kier molecular flexibility index (Phi) is 6.29. The fourth-order valence-electron chi connectivity index (χ4n) is 3.68. The Hall–Kier alpha value is -3.64. The maximum absolute atomic E-state index is 8.85. The molecule has 0 amide bonds. The summed E-state index contributed by atoms with van der Waals surface area (Å²) in [5.41, 5.74) is 2.86. The molecule has 1 fully saturated rings. The molecule has 2 aromatic heterocycles. The quantitative estimate of drug-likeness (QED) is 0.534. The summed E-state index contributed by atoms with van der Waals surface area (Å²) < 4.78 is 11.9. The van der Waals surface area contributed by atoms with Gasteiger partial charge in [0.05, 0.1) is 37.4 Å². The minimum Gasteiger partial charge on any atom is -0.496 e. The summed E-state index contributed by atoms with van der Waals surface area (Å²) in [6.45, 7) is 4.70. The number of rotatable bonds is 7. The number of aromatic nitrogens is 4. The summed E-state index contributed by atoms with van der Waals surface area (Å²) in [5.74, 6) is 3.05. The highest BCUT2D eigenvalue weighted by atomic mass is 16.5. The van der Waals surface area contributed by atoms with Crippen LogP contribution in [0.25, 0.3) is 11.3 Å². The van der Waals surface area contributed by atoms with E-state index in [-0.39, 0.29) is 5.69 Å². The molecule has 1 aliphatic heterocycles. The molecule has 31 heavy (non-hydrogen) atoms. The first kappa shape index (κ1) is 20.6. The van der Waals surface area contributed by atoms with Crippen LogP contribution in [0.4, 0.5) is 11.6 Å². The lowest BCUT2D eigenvalue weighted by molar-refractivity contribution is 0.218. The van der Waals surface area contributed by atoms with E-state index in [1.54, 1.807) is 7.11 Å². The number of ether oxygens (including phenoxy) is 2. The van der Waals surface area contributed by atoms with Gasteiger partial charge in [0, 0.05) is 18.5 Å². The highest BCUT2D eigenvalue weighted by molar-refractivity contribution is 5.77. The maximum Gasteiger partial charge on any atom is 0.158 e. The van der Waals surface area contributed by atoms with E-state index in [1.165, 1.54) is 18.8 Å². The fraction of sp³-hybridized carbons (Fsp3) is 0.364. The van der Waals surface area contributed by atoms with Crippen molar-refractivity contribution in [1.82, 2.24) is 25.5 Å². The Balaban J connectivity index is 1.58. The van der Waals surface area contributed by atoms with Crippen molar-refractivity contribution < 1.29 is 9.47 Å². The zero-order valence-electron chi connectivity index (χ0n) is 17.6. The maximum atomic E-state index is 8.85. The number of anilines is 2. The minimum absolute atomic E-state index is 0.257. The monoisotopic (exact) mass is 419 g/mol. The van der Waals surface area contributed by atoms with Crippen LogP contribution < -0.4 is 20.1 Å². The zero-order chi connectivity index (χ0) is 21.6. The van der Waals surface area contributed by atoms with Crippen LogP contribution in [0.2, 0.25) is 0 Å². The van der Waals surface area contributed by atoms with Gasteiger partial charge in [-0.1, -0.05) is 6.07 Å². The van der Waals surface area contributed by atoms with Gasteiger partial charge in [0.25, 0.3) is 0 Å². The Bertz CT molecular complexity index is 1070. The Morgan fingerprint density at radius 2 is 2.16 bits per heavy atom. The molecule has 1 aromatic carbocycles. The van der Waals surface area contributed by atoms with E-state index in [9.17, 15) is 0 Å². The Morgan fingerprint density at radius 1 is 1.26 bits per heavy atom. The van der Waals surface area contributed by atoms with Gasteiger partial charge in [0.15, 0.2) is 11.5 Å². The number of nitrogens with one attached hydrogen (secondary N) is 3. The first-order valence-corrected chi connectivity index (χ1v) is 10.2. The summed E-state index contributed by atoms with van der Waals surface area (Å²) in [5, 5.41) is 22.8. The van der Waals surface area contributed by atoms with Gasteiger partial charge in [-0.2, -0.15) is 10.4 Å². The van der Waals surface area contributed by atoms with E-state index in [2.05, 4.69) is 30.8 Å². The molecular formula is C22H25N7O2. The van der Waals surface area contributed by atoms with Crippen molar-refractivity contribution in [2.45, 2.75) is 19.8 Å². The van der Waals surface area contributed by atoms with Gasteiger partial charge in [-0.25, -0.2) is 9.97 Å². The number of nitrogens with zero attached hydrogens (tertiary/aromatic N) is 4. The van der Waals surface area contributed by atoms with Crippen molar-refractivity contribution in [1.29, 1.82) is 5.26 Å². The predicted molar refractivity (Wildman–Crippen MR) is 116 cm³/mol. The molecule has 3 N–H and O–H groups in total. The summed E-state index contributed by atoms with van der Waals surface area (Å²) in [6, 6.07) is 7.79. The van der Waals surface area contributed by atoms with Crippen LogP contribution in [0.1, 0.15) is 24.1 Å². The van der Waals surface area contributed by atoms with Gasteiger partial charge in [-0.05, 0) is 37.9 Å². The largest absolute Gasteiger partial charge is 0.496 e. The third-order valence-electron chi connectivity index (χ3n) is 5.26. The third kappa shape index (κ3) is 4.75. The Labute approximate surface area is 180 Å². The molecule has 0 unspecified atom stereocenters. The van der Waals surface area contributed by atoms with E-state index in [1.807, 2.05) is 31.2 Å². The number of benzene rings is 1. The van der Waals surface area contributed by atoms with Crippen LogP contribution in [0.15, 0.2) is 30.6 Å². The number of nitriles is 1. The van der Waals surface area contributed by atoms with Crippen LogP contribution in [0.3, 0.4) is 0 Å². The average molecular weight is 419 g/mol. The van der Waals surface area contributed by atoms with Crippen LogP contribution in [0.5, 0.6) is 11.5 Å². The molecule has 9 heteroatoms. The van der Waals surface area contributed by atoms with Crippen LogP contribution in [-0.4, -0.2) is 47.0 Å². The molecule has 160 valence electrons. The van der Waals surface area contributed by atoms with Crippen molar-refractivity contribution >= 4 is 11.6 Å². The van der Waals surface area contributed by atoms with Crippen molar-refractivity contribution in [2.75, 3.05) is 32.1 Å². The molecule has 1 atom stereocenters. The van der Waals surface area contributed by atoms with E-state index in [0.717, 1.165) is 47.8 Å². The highest BCUT2D eigenvalue weighted by Gasteiger charge is 2.20. The molecule has 0 aliphatic carbocycles. The first-order valence-electron chi connectivity index (χ1n) is 10.2. The SMILES string of the molecule is COc1c(C)ccc(OC[C@H]2CCCNC2)c1-c1cc(Nc2cnc(C#N)cn2)n[nH]1. The Morgan fingerprint density at radius 3 is 2.87 bits per heavy atom. The minimum atomic E-state index is 0.257. The van der Waals surface area contributed by atoms with E-state index in [0.29, 0.717) is 24.2 Å². The number of hydrogen-bond acceptors (Lipinski definition) is 8. The summed E-state index contributed by atoms with van der Waals surface area (Å²) >= 11 is 0. The standard InChI is InChI=1S/C22H25N7O2/c1-14-5-6-18(31-13-15-4-3-7-24-10-15)21(22(14)30-2)17-8-19(29-28-17)27-20-12-25-16(9-23)11-26-20/h5-6,8,11-12,15,24H,3-4,7,10,13H2,1-2H3,(H2,26,27,28,29)/t15-/m0/s1. The van der Waals surface area contributed by atoms with Gasteiger partial charge in [-0.3, -0.25) is 5.10 Å². The van der Waals surface area contributed by atoms with Gasteiger partial charge in [0.2, 0.25) is 0 Å². The topological polar surface area (TPSA) is 121 Å². The highest BCUT2D eigenvalue weighted by Crippen LogP contribution is 2.40. The molecule has 9 nitrogen and oxygen atoms in total. The lowest BCUT2D eigenvalue weighted by Crippen LogP contribution is -2.33. The van der Waals surface area contributed by atoms with Crippen molar-refractivity contribution in [2.24, 2.45) is 5.92 Å². The molecule has 0 spiro atoms. The van der Waals surface area contributed by atoms with Crippen LogP contribution >= 0.6 is 0 Å². The fourth-order valence-corrected chi connectivity index (χ4v) is 3.68. The lowest BCUT2D eigenvalue weighted by Gasteiger charge is -2.24. The molecular weight excluding hydrogens is 394 g/mol. The number of methoxy groups -OCH3 is 1. The van der Waals surface area contributed by atoms with Gasteiger partial charge >= 0.3 is 0 Å². The van der Waals surface area contributed by atoms with Crippen molar-refractivity contribution in [3.8, 4) is 28.8 Å². The number of hydrogen-bond donors (Lipinski definition) is 3. The molecule has 4 rings (SSSR count). The van der Waals surface area contributed by atoms with E-state index >= 15 is 0 Å². The second-order valence-electron chi connectivity index (χ2n) is 7.50. The van der Waals surface area contributed by atoms with Gasteiger partial charge in [-0.15, -0.1) is 0 Å². The second kappa shape index (κ2) is 9.45. The smallest absolute Gasteiger partial charge is 0.158 e. The number of H-pyrrole nitrogens is 1. The van der Waals surface area contributed by atoms with Gasteiger partial charge < -0.3 is 20.1 Å². The number of aryl methyl sites for hydroxylation is 1. The summed E-state index contributed by atoms with van der Waals surface area (Å²) in [4.78, 5) is 8.18. The molecule has 1 aliphatic rings. The number of aromatic amines is 1. The molecule has 1 saturated heterocycles. The number of piperidine rings is 1. The van der Waals surface area contributed by atoms with E-state index < -0.39 is 0 Å². The van der Waals surface area contributed by atoms with Crippen molar-refractivity contribution in [3.63, 3.8) is 0 Å². The average Bonchev–Trinajstić information content (AvgIpc) is 3.27. The summed E-state index contributed by atoms with van der Waals surface area (Å²) in [6.07, 6.45) is 5.24.